The molecule has 0 aliphatic rings. The van der Waals surface area contributed by atoms with Crippen molar-refractivity contribution in [1.29, 1.82) is 0 Å². The Balaban J connectivity index is 3.05. The minimum Gasteiger partial charge on any atom is -0.453 e. The van der Waals surface area contributed by atoms with E-state index in [1.54, 1.807) is 6.08 Å². The number of aryl methyl sites for hydroxylation is 2. The number of hydrogen-bond acceptors (Lipinski definition) is 2. The summed E-state index contributed by atoms with van der Waals surface area (Å²) in [6.07, 6.45) is 1.30. The van der Waals surface area contributed by atoms with E-state index in [-0.39, 0.29) is 12.1 Å². The van der Waals surface area contributed by atoms with E-state index >= 15 is 0 Å². The molecule has 0 aromatic heterocycles. The zero-order valence-electron chi connectivity index (χ0n) is 9.41. The molecule has 1 unspecified atom stereocenters. The highest BCUT2D eigenvalue weighted by Gasteiger charge is 2.12. The van der Waals surface area contributed by atoms with Crippen LogP contribution in [0.1, 0.15) is 29.7 Å². The molecule has 1 rings (SSSR count). The van der Waals surface area contributed by atoms with Crippen LogP contribution >= 0.6 is 0 Å². The molecule has 80 valence electrons. The first kappa shape index (κ1) is 11.5. The second kappa shape index (κ2) is 4.78. The quantitative estimate of drug-likeness (QED) is 0.558. The third-order valence-corrected chi connectivity index (χ3v) is 2.25. The highest BCUT2D eigenvalue weighted by molar-refractivity contribution is 5.66. The molecule has 15 heavy (non-hydrogen) atoms. The Morgan fingerprint density at radius 3 is 2.67 bits per heavy atom. The Kier molecular flexibility index (Phi) is 3.67. The van der Waals surface area contributed by atoms with Crippen LogP contribution in [0.25, 0.3) is 0 Å². The van der Waals surface area contributed by atoms with Gasteiger partial charge in [0.1, 0.15) is 6.10 Å². The van der Waals surface area contributed by atoms with Crippen LogP contribution in [0.15, 0.2) is 30.9 Å². The molecule has 1 aromatic carbocycles. The van der Waals surface area contributed by atoms with Crippen molar-refractivity contribution in [2.45, 2.75) is 26.9 Å². The average Bonchev–Trinajstić information content (AvgIpc) is 2.18. The maximum atomic E-state index is 10.9. The second-order valence-electron chi connectivity index (χ2n) is 3.63. The van der Waals surface area contributed by atoms with Gasteiger partial charge in [-0.2, -0.15) is 0 Å². The van der Waals surface area contributed by atoms with Crippen molar-refractivity contribution in [3.63, 3.8) is 0 Å². The highest BCUT2D eigenvalue weighted by Crippen LogP contribution is 2.23. The van der Waals surface area contributed by atoms with Crippen LogP contribution in [0, 0.1) is 13.8 Å². The molecule has 2 heteroatoms. The van der Waals surface area contributed by atoms with Gasteiger partial charge in [0.25, 0.3) is 0 Å². The molecule has 0 radical (unpaired) electrons. The molecule has 0 bridgehead atoms. The number of rotatable bonds is 3. The molecule has 0 fully saturated rings. The molecular weight excluding hydrogens is 188 g/mol. The Hall–Kier alpha value is -1.57. The normalized spacial score (nSPS) is 11.9. The summed E-state index contributed by atoms with van der Waals surface area (Å²) in [5.74, 6) is -0.291. The molecule has 1 aromatic rings. The molecule has 2 nitrogen and oxygen atoms in total. The molecule has 0 aliphatic carbocycles. The summed E-state index contributed by atoms with van der Waals surface area (Å²) in [7, 11) is 0. The fourth-order valence-electron chi connectivity index (χ4n) is 1.48. The van der Waals surface area contributed by atoms with Gasteiger partial charge in [-0.15, -0.1) is 0 Å². The fraction of sp³-hybridized carbons (Fsp3) is 0.308. The van der Waals surface area contributed by atoms with Gasteiger partial charge in [-0.1, -0.05) is 30.3 Å². The lowest BCUT2D eigenvalue weighted by molar-refractivity contribution is -0.144. The summed E-state index contributed by atoms with van der Waals surface area (Å²) in [6.45, 7) is 9.09. The van der Waals surface area contributed by atoms with Crippen molar-refractivity contribution in [3.8, 4) is 0 Å². The van der Waals surface area contributed by atoms with Crippen LogP contribution in [0.5, 0.6) is 0 Å². The number of ether oxygens (including phenoxy) is 1. The van der Waals surface area contributed by atoms with Gasteiger partial charge in [-0.3, -0.25) is 4.79 Å². The SMILES string of the molecule is C=CC(OC(C)=O)c1cc(C)ccc1C. The molecule has 0 amide bonds. The highest BCUT2D eigenvalue weighted by atomic mass is 16.5. The third-order valence-electron chi connectivity index (χ3n) is 2.25. The first-order valence-corrected chi connectivity index (χ1v) is 4.91. The van der Waals surface area contributed by atoms with Crippen molar-refractivity contribution in [2.75, 3.05) is 0 Å². The number of esters is 1. The fourth-order valence-corrected chi connectivity index (χ4v) is 1.48. The molecule has 0 saturated carbocycles. The Labute approximate surface area is 90.6 Å². The first-order chi connectivity index (χ1) is 7.04. The van der Waals surface area contributed by atoms with Crippen LogP contribution in [-0.4, -0.2) is 5.97 Å². The van der Waals surface area contributed by atoms with Crippen LogP contribution in [0.4, 0.5) is 0 Å². The van der Waals surface area contributed by atoms with E-state index in [1.807, 2.05) is 32.0 Å². The van der Waals surface area contributed by atoms with Gasteiger partial charge < -0.3 is 4.74 Å². The van der Waals surface area contributed by atoms with Crippen LogP contribution in [0.3, 0.4) is 0 Å². The minimum absolute atomic E-state index is 0.291. The Morgan fingerprint density at radius 2 is 2.13 bits per heavy atom. The Morgan fingerprint density at radius 1 is 1.47 bits per heavy atom. The Bertz CT molecular complexity index is 380. The number of carbonyl (C=O) groups is 1. The molecule has 0 saturated heterocycles. The summed E-state index contributed by atoms with van der Waals surface area (Å²) in [6, 6.07) is 6.07. The predicted molar refractivity (Wildman–Crippen MR) is 60.6 cm³/mol. The predicted octanol–water partition coefficient (Wildman–Crippen LogP) is 3.09. The molecule has 0 heterocycles. The topological polar surface area (TPSA) is 26.3 Å². The van der Waals surface area contributed by atoms with Gasteiger partial charge in [-0.05, 0) is 31.1 Å². The maximum absolute atomic E-state index is 10.9. The summed E-state index contributed by atoms with van der Waals surface area (Å²) in [5, 5.41) is 0. The van der Waals surface area contributed by atoms with Crippen LogP contribution < -0.4 is 0 Å². The van der Waals surface area contributed by atoms with Crippen LogP contribution in [0.2, 0.25) is 0 Å². The maximum Gasteiger partial charge on any atom is 0.303 e. The zero-order valence-corrected chi connectivity index (χ0v) is 9.41. The van der Waals surface area contributed by atoms with Gasteiger partial charge in [0.15, 0.2) is 0 Å². The number of benzene rings is 1. The van der Waals surface area contributed by atoms with Crippen LogP contribution in [-0.2, 0) is 9.53 Å². The second-order valence-corrected chi connectivity index (χ2v) is 3.63. The lowest BCUT2D eigenvalue weighted by atomic mass is 10.0. The third kappa shape index (κ3) is 2.94. The van der Waals surface area contributed by atoms with Gasteiger partial charge in [-0.25, -0.2) is 0 Å². The van der Waals surface area contributed by atoms with Crippen molar-refractivity contribution in [2.24, 2.45) is 0 Å². The molecular formula is C13H16O2. The first-order valence-electron chi connectivity index (χ1n) is 4.91. The van der Waals surface area contributed by atoms with E-state index < -0.39 is 0 Å². The summed E-state index contributed by atoms with van der Waals surface area (Å²) >= 11 is 0. The van der Waals surface area contributed by atoms with E-state index in [2.05, 4.69) is 6.58 Å². The van der Waals surface area contributed by atoms with Crippen molar-refractivity contribution in [3.05, 3.63) is 47.5 Å². The number of hydrogen-bond donors (Lipinski definition) is 0. The van der Waals surface area contributed by atoms with E-state index in [0.29, 0.717) is 0 Å². The van der Waals surface area contributed by atoms with E-state index in [4.69, 9.17) is 4.74 Å². The standard InChI is InChI=1S/C13H16O2/c1-5-13(15-11(4)14)12-8-9(2)6-7-10(12)3/h5-8,13H,1H2,2-4H3. The lowest BCUT2D eigenvalue weighted by Gasteiger charge is -2.16. The summed E-state index contributed by atoms with van der Waals surface area (Å²) in [4.78, 5) is 10.9. The van der Waals surface area contributed by atoms with E-state index in [1.165, 1.54) is 6.92 Å². The molecule has 0 aliphatic heterocycles. The molecule has 0 N–H and O–H groups in total. The van der Waals surface area contributed by atoms with Crippen molar-refractivity contribution >= 4 is 5.97 Å². The van der Waals surface area contributed by atoms with E-state index in [0.717, 1.165) is 16.7 Å². The molecule has 0 spiro atoms. The monoisotopic (exact) mass is 204 g/mol. The largest absolute Gasteiger partial charge is 0.453 e. The van der Waals surface area contributed by atoms with Crippen molar-refractivity contribution in [1.82, 2.24) is 0 Å². The molecule has 1 atom stereocenters. The number of carbonyl (C=O) groups excluding carboxylic acids is 1. The zero-order chi connectivity index (χ0) is 11.4. The van der Waals surface area contributed by atoms with Gasteiger partial charge >= 0.3 is 5.97 Å². The average molecular weight is 204 g/mol. The van der Waals surface area contributed by atoms with Gasteiger partial charge in [0, 0.05) is 6.92 Å². The van der Waals surface area contributed by atoms with E-state index in [9.17, 15) is 4.79 Å². The van der Waals surface area contributed by atoms with Gasteiger partial charge in [0.05, 0.1) is 0 Å². The summed E-state index contributed by atoms with van der Waals surface area (Å²) in [5.41, 5.74) is 3.25. The smallest absolute Gasteiger partial charge is 0.303 e. The summed E-state index contributed by atoms with van der Waals surface area (Å²) < 4.78 is 5.16. The van der Waals surface area contributed by atoms with Crippen molar-refractivity contribution < 1.29 is 9.53 Å². The lowest BCUT2D eigenvalue weighted by Crippen LogP contribution is -2.07. The minimum atomic E-state index is -0.345. The van der Waals surface area contributed by atoms with Gasteiger partial charge in [0.2, 0.25) is 0 Å².